The lowest BCUT2D eigenvalue weighted by molar-refractivity contribution is 0.0578. The maximum atomic E-state index is 12.3. The second kappa shape index (κ2) is 5.35. The Morgan fingerprint density at radius 3 is 2.60 bits per heavy atom. The average molecular weight is 276 g/mol. The van der Waals surface area contributed by atoms with Crippen LogP contribution < -0.4 is 9.80 Å². The van der Waals surface area contributed by atoms with Crippen molar-refractivity contribution in [2.24, 2.45) is 0 Å². The van der Waals surface area contributed by atoms with Crippen molar-refractivity contribution < 1.29 is 9.53 Å². The maximum absolute atomic E-state index is 12.3. The highest BCUT2D eigenvalue weighted by Crippen LogP contribution is 2.31. The molecule has 0 saturated heterocycles. The zero-order valence-electron chi connectivity index (χ0n) is 13.1. The summed E-state index contributed by atoms with van der Waals surface area (Å²) in [4.78, 5) is 16.1. The second-order valence-corrected chi connectivity index (χ2v) is 6.44. The number of aryl methyl sites for hydroxylation is 1. The molecule has 0 saturated carbocycles. The first kappa shape index (κ1) is 14.7. The quantitative estimate of drug-likeness (QED) is 0.787. The fourth-order valence-corrected chi connectivity index (χ4v) is 2.37. The number of hydrogen-bond donors (Lipinski definition) is 0. The number of fused-ring (bicyclic) bond motifs is 1. The summed E-state index contributed by atoms with van der Waals surface area (Å²) in [5, 5.41) is 0. The summed E-state index contributed by atoms with van der Waals surface area (Å²) in [5.41, 5.74) is 2.90. The Morgan fingerprint density at radius 1 is 1.30 bits per heavy atom. The Balaban J connectivity index is 2.27. The van der Waals surface area contributed by atoms with Gasteiger partial charge in [-0.15, -0.1) is 0 Å². The van der Waals surface area contributed by atoms with Gasteiger partial charge in [-0.3, -0.25) is 4.90 Å². The van der Waals surface area contributed by atoms with E-state index in [1.165, 1.54) is 5.56 Å². The van der Waals surface area contributed by atoms with Gasteiger partial charge in [0.1, 0.15) is 5.60 Å². The number of anilines is 2. The van der Waals surface area contributed by atoms with Crippen LogP contribution in [-0.2, 0) is 11.2 Å². The van der Waals surface area contributed by atoms with Crippen molar-refractivity contribution in [1.82, 2.24) is 0 Å². The van der Waals surface area contributed by atoms with E-state index in [1.807, 2.05) is 47.0 Å². The Labute approximate surface area is 121 Å². The van der Waals surface area contributed by atoms with Gasteiger partial charge in [0.2, 0.25) is 0 Å². The van der Waals surface area contributed by atoms with E-state index in [0.29, 0.717) is 0 Å². The lowest BCUT2D eigenvalue weighted by Crippen LogP contribution is -2.39. The van der Waals surface area contributed by atoms with Crippen LogP contribution in [0.4, 0.5) is 16.2 Å². The standard InChI is InChI=1S/C16H24N2O2/c1-16(2,3)20-15(19)18-10-6-7-12-11-13(17(4)5)8-9-14(12)18/h8-9,11H,6-7,10H2,1-5H3. The van der Waals surface area contributed by atoms with Crippen molar-refractivity contribution in [2.75, 3.05) is 30.4 Å². The van der Waals surface area contributed by atoms with Gasteiger partial charge in [-0.2, -0.15) is 0 Å². The highest BCUT2D eigenvalue weighted by Gasteiger charge is 2.27. The molecule has 1 heterocycles. The van der Waals surface area contributed by atoms with E-state index in [9.17, 15) is 4.79 Å². The van der Waals surface area contributed by atoms with E-state index >= 15 is 0 Å². The summed E-state index contributed by atoms with van der Waals surface area (Å²) >= 11 is 0. The third-order valence-electron chi connectivity index (χ3n) is 3.31. The van der Waals surface area contributed by atoms with Crippen LogP contribution in [0.15, 0.2) is 18.2 Å². The van der Waals surface area contributed by atoms with Crippen molar-refractivity contribution in [3.05, 3.63) is 23.8 Å². The van der Waals surface area contributed by atoms with Crippen LogP contribution in [0.25, 0.3) is 0 Å². The minimum Gasteiger partial charge on any atom is -0.443 e. The van der Waals surface area contributed by atoms with E-state index in [4.69, 9.17) is 4.74 Å². The molecule has 0 fully saturated rings. The molecule has 4 nitrogen and oxygen atoms in total. The molecule has 1 aromatic carbocycles. The number of rotatable bonds is 1. The molecule has 0 bridgehead atoms. The van der Waals surface area contributed by atoms with Crippen molar-refractivity contribution in [3.8, 4) is 0 Å². The van der Waals surface area contributed by atoms with E-state index in [2.05, 4.69) is 11.0 Å². The van der Waals surface area contributed by atoms with Crippen molar-refractivity contribution >= 4 is 17.5 Å². The lowest BCUT2D eigenvalue weighted by Gasteiger charge is -2.32. The molecule has 0 spiro atoms. The molecule has 1 amide bonds. The van der Waals surface area contributed by atoms with E-state index in [1.54, 1.807) is 4.90 Å². The van der Waals surface area contributed by atoms with Gasteiger partial charge in [-0.1, -0.05) is 0 Å². The summed E-state index contributed by atoms with van der Waals surface area (Å²) in [6.07, 6.45) is 1.73. The van der Waals surface area contributed by atoms with Crippen LogP contribution >= 0.6 is 0 Å². The first-order valence-electron chi connectivity index (χ1n) is 7.09. The van der Waals surface area contributed by atoms with E-state index < -0.39 is 5.60 Å². The molecule has 4 heteroatoms. The number of ether oxygens (including phenoxy) is 1. The number of benzene rings is 1. The van der Waals surface area contributed by atoms with Gasteiger partial charge in [0.25, 0.3) is 0 Å². The highest BCUT2D eigenvalue weighted by atomic mass is 16.6. The number of amides is 1. The largest absolute Gasteiger partial charge is 0.443 e. The smallest absolute Gasteiger partial charge is 0.414 e. The molecule has 0 N–H and O–H groups in total. The predicted octanol–water partition coefficient (Wildman–Crippen LogP) is 3.44. The predicted molar refractivity (Wildman–Crippen MR) is 82.7 cm³/mol. The molecule has 2 rings (SSSR count). The average Bonchev–Trinajstić information content (AvgIpc) is 2.35. The molecule has 0 radical (unpaired) electrons. The molecule has 110 valence electrons. The van der Waals surface area contributed by atoms with Crippen LogP contribution in [0, 0.1) is 0 Å². The molecule has 0 atom stereocenters. The fourth-order valence-electron chi connectivity index (χ4n) is 2.37. The summed E-state index contributed by atoms with van der Waals surface area (Å²) < 4.78 is 5.49. The summed E-state index contributed by atoms with van der Waals surface area (Å²) in [6.45, 7) is 6.41. The number of carbonyl (C=O) groups excluding carboxylic acids is 1. The highest BCUT2D eigenvalue weighted by molar-refractivity contribution is 5.90. The maximum Gasteiger partial charge on any atom is 0.414 e. The third kappa shape index (κ3) is 3.24. The topological polar surface area (TPSA) is 32.8 Å². The minimum atomic E-state index is -0.460. The molecule has 0 aliphatic carbocycles. The van der Waals surface area contributed by atoms with Crippen LogP contribution in [0.2, 0.25) is 0 Å². The SMILES string of the molecule is CN(C)c1ccc2c(c1)CCCN2C(=O)OC(C)(C)C. The van der Waals surface area contributed by atoms with Gasteiger partial charge in [-0.25, -0.2) is 4.79 Å². The van der Waals surface area contributed by atoms with Crippen LogP contribution in [0.3, 0.4) is 0 Å². The summed E-state index contributed by atoms with van der Waals surface area (Å²) in [7, 11) is 4.05. The van der Waals surface area contributed by atoms with Gasteiger partial charge in [0, 0.05) is 26.3 Å². The van der Waals surface area contributed by atoms with Gasteiger partial charge in [0.05, 0.1) is 5.69 Å². The van der Waals surface area contributed by atoms with Crippen molar-refractivity contribution in [3.63, 3.8) is 0 Å². The second-order valence-electron chi connectivity index (χ2n) is 6.44. The number of carbonyl (C=O) groups is 1. The van der Waals surface area contributed by atoms with Gasteiger partial charge in [0.15, 0.2) is 0 Å². The molecule has 20 heavy (non-hydrogen) atoms. The van der Waals surface area contributed by atoms with Gasteiger partial charge >= 0.3 is 6.09 Å². The first-order valence-corrected chi connectivity index (χ1v) is 7.09. The van der Waals surface area contributed by atoms with Crippen molar-refractivity contribution in [2.45, 2.75) is 39.2 Å². The molecule has 1 aliphatic heterocycles. The molecule has 0 aromatic heterocycles. The monoisotopic (exact) mass is 276 g/mol. The van der Waals surface area contributed by atoms with Crippen molar-refractivity contribution in [1.29, 1.82) is 0 Å². The normalized spacial score (nSPS) is 14.8. The number of nitrogens with zero attached hydrogens (tertiary/aromatic N) is 2. The molecular formula is C16H24N2O2. The van der Waals surface area contributed by atoms with E-state index in [-0.39, 0.29) is 6.09 Å². The Morgan fingerprint density at radius 2 is 2.00 bits per heavy atom. The molecular weight excluding hydrogens is 252 g/mol. The van der Waals surface area contributed by atoms with E-state index in [0.717, 1.165) is 30.8 Å². The van der Waals surface area contributed by atoms with Gasteiger partial charge < -0.3 is 9.64 Å². The molecule has 1 aliphatic rings. The Kier molecular flexibility index (Phi) is 3.93. The lowest BCUT2D eigenvalue weighted by atomic mass is 10.0. The Hall–Kier alpha value is -1.71. The fraction of sp³-hybridized carbons (Fsp3) is 0.562. The minimum absolute atomic E-state index is 0.254. The van der Waals surface area contributed by atoms with Crippen LogP contribution in [-0.4, -0.2) is 32.3 Å². The summed E-state index contributed by atoms with van der Waals surface area (Å²) in [5.74, 6) is 0. The molecule has 1 aromatic rings. The van der Waals surface area contributed by atoms with Crippen LogP contribution in [0.5, 0.6) is 0 Å². The van der Waals surface area contributed by atoms with Crippen LogP contribution in [0.1, 0.15) is 32.8 Å². The third-order valence-corrected chi connectivity index (χ3v) is 3.31. The van der Waals surface area contributed by atoms with Gasteiger partial charge in [-0.05, 0) is 57.4 Å². The summed E-state index contributed by atoms with van der Waals surface area (Å²) in [6, 6.07) is 6.22. The number of hydrogen-bond acceptors (Lipinski definition) is 3. The zero-order chi connectivity index (χ0) is 14.9. The molecule has 0 unspecified atom stereocenters. The first-order chi connectivity index (χ1) is 9.28. The Bertz CT molecular complexity index is 504. The zero-order valence-corrected chi connectivity index (χ0v) is 13.1.